The minimum absolute atomic E-state index is 0.458. The van der Waals surface area contributed by atoms with Gasteiger partial charge in [0.1, 0.15) is 5.82 Å². The fourth-order valence-electron chi connectivity index (χ4n) is 2.52. The van der Waals surface area contributed by atoms with Crippen molar-refractivity contribution in [1.82, 2.24) is 14.5 Å². The average Bonchev–Trinajstić information content (AvgIpc) is 2.91. The number of nitrogens with zero attached hydrogens (tertiary/aromatic N) is 2. The van der Waals surface area contributed by atoms with Crippen LogP contribution < -0.4 is 5.73 Å². The summed E-state index contributed by atoms with van der Waals surface area (Å²) < 4.78 is 2.07. The zero-order chi connectivity index (χ0) is 12.7. The number of aromatic amines is 1. The first kappa shape index (κ1) is 11.0. The van der Waals surface area contributed by atoms with E-state index in [1.54, 1.807) is 0 Å². The monoisotopic (exact) mass is 240 g/mol. The molecule has 0 aliphatic heterocycles. The Morgan fingerprint density at radius 2 is 2.11 bits per heavy atom. The Balaban J connectivity index is 2.29. The van der Waals surface area contributed by atoms with Crippen molar-refractivity contribution in [3.8, 4) is 11.3 Å². The van der Waals surface area contributed by atoms with Gasteiger partial charge in [-0.25, -0.2) is 4.98 Å². The van der Waals surface area contributed by atoms with E-state index in [9.17, 15) is 0 Å². The van der Waals surface area contributed by atoms with Gasteiger partial charge in [0.05, 0.1) is 17.9 Å². The van der Waals surface area contributed by atoms with E-state index in [4.69, 9.17) is 5.73 Å². The van der Waals surface area contributed by atoms with E-state index in [-0.39, 0.29) is 0 Å². The first-order valence-corrected chi connectivity index (χ1v) is 6.01. The second-order valence-electron chi connectivity index (χ2n) is 4.47. The standard InChI is InChI=1S/C14H16N4/c1-9-14(18(2)13(7-15)17-9)11-8-16-12-6-4-3-5-10(11)12/h3-6,8,16H,7,15H2,1-2H3. The quantitative estimate of drug-likeness (QED) is 0.722. The summed E-state index contributed by atoms with van der Waals surface area (Å²) in [5.41, 5.74) is 10.2. The van der Waals surface area contributed by atoms with Gasteiger partial charge in [0.25, 0.3) is 0 Å². The topological polar surface area (TPSA) is 59.6 Å². The van der Waals surface area contributed by atoms with Crippen molar-refractivity contribution in [3.05, 3.63) is 42.0 Å². The van der Waals surface area contributed by atoms with Gasteiger partial charge in [0.15, 0.2) is 0 Å². The second-order valence-corrected chi connectivity index (χ2v) is 4.47. The van der Waals surface area contributed by atoms with E-state index < -0.39 is 0 Å². The third-order valence-corrected chi connectivity index (χ3v) is 3.39. The maximum atomic E-state index is 5.71. The van der Waals surface area contributed by atoms with Crippen LogP contribution in [0.3, 0.4) is 0 Å². The lowest BCUT2D eigenvalue weighted by Gasteiger charge is -2.04. The molecule has 0 spiro atoms. The molecule has 0 aliphatic carbocycles. The molecule has 0 saturated carbocycles. The van der Waals surface area contributed by atoms with Crippen molar-refractivity contribution in [2.75, 3.05) is 0 Å². The van der Waals surface area contributed by atoms with Gasteiger partial charge >= 0.3 is 0 Å². The van der Waals surface area contributed by atoms with Gasteiger partial charge in [0.2, 0.25) is 0 Å². The number of rotatable bonds is 2. The summed E-state index contributed by atoms with van der Waals surface area (Å²) >= 11 is 0. The van der Waals surface area contributed by atoms with Crippen molar-refractivity contribution >= 4 is 10.9 Å². The largest absolute Gasteiger partial charge is 0.360 e. The normalized spacial score (nSPS) is 11.3. The molecule has 2 aromatic heterocycles. The van der Waals surface area contributed by atoms with Gasteiger partial charge in [-0.15, -0.1) is 0 Å². The van der Waals surface area contributed by atoms with E-state index in [1.807, 2.05) is 26.2 Å². The first-order valence-electron chi connectivity index (χ1n) is 6.01. The van der Waals surface area contributed by atoms with Gasteiger partial charge in [0, 0.05) is 29.7 Å². The van der Waals surface area contributed by atoms with Gasteiger partial charge in [-0.2, -0.15) is 0 Å². The van der Waals surface area contributed by atoms with Crippen molar-refractivity contribution in [2.45, 2.75) is 13.5 Å². The molecule has 4 heteroatoms. The van der Waals surface area contributed by atoms with Crippen LogP contribution in [0, 0.1) is 6.92 Å². The summed E-state index contributed by atoms with van der Waals surface area (Å²) in [5.74, 6) is 0.910. The number of aryl methyl sites for hydroxylation is 1. The Hall–Kier alpha value is -2.07. The van der Waals surface area contributed by atoms with Crippen LogP contribution in [0.1, 0.15) is 11.5 Å². The Bertz CT molecular complexity index is 706. The van der Waals surface area contributed by atoms with Crippen molar-refractivity contribution in [1.29, 1.82) is 0 Å². The second kappa shape index (κ2) is 3.99. The van der Waals surface area contributed by atoms with Crippen LogP contribution in [0.25, 0.3) is 22.2 Å². The van der Waals surface area contributed by atoms with Crippen LogP contribution in [-0.4, -0.2) is 14.5 Å². The highest BCUT2D eigenvalue weighted by Crippen LogP contribution is 2.30. The first-order chi connectivity index (χ1) is 8.72. The molecule has 0 aliphatic rings. The number of para-hydroxylation sites is 1. The highest BCUT2D eigenvalue weighted by Gasteiger charge is 2.15. The highest BCUT2D eigenvalue weighted by molar-refractivity contribution is 5.95. The molecule has 0 radical (unpaired) electrons. The number of H-pyrrole nitrogens is 1. The molecular formula is C14H16N4. The molecule has 0 unspecified atom stereocenters. The van der Waals surface area contributed by atoms with E-state index >= 15 is 0 Å². The molecule has 4 nitrogen and oxygen atoms in total. The maximum absolute atomic E-state index is 5.71. The van der Waals surface area contributed by atoms with Crippen LogP contribution >= 0.6 is 0 Å². The molecule has 3 N–H and O–H groups in total. The fraction of sp³-hybridized carbons (Fsp3) is 0.214. The zero-order valence-electron chi connectivity index (χ0n) is 10.6. The average molecular weight is 240 g/mol. The molecule has 2 heterocycles. The summed E-state index contributed by atoms with van der Waals surface area (Å²) in [7, 11) is 2.01. The lowest BCUT2D eigenvalue weighted by molar-refractivity contribution is 0.799. The van der Waals surface area contributed by atoms with Crippen molar-refractivity contribution in [2.24, 2.45) is 12.8 Å². The number of hydrogen-bond acceptors (Lipinski definition) is 2. The van der Waals surface area contributed by atoms with E-state index in [2.05, 4.69) is 32.7 Å². The molecular weight excluding hydrogens is 224 g/mol. The molecule has 3 aromatic rings. The lowest BCUT2D eigenvalue weighted by Crippen LogP contribution is -2.05. The van der Waals surface area contributed by atoms with Crippen LogP contribution in [0.4, 0.5) is 0 Å². The summed E-state index contributed by atoms with van der Waals surface area (Å²) in [6.07, 6.45) is 2.04. The van der Waals surface area contributed by atoms with Gasteiger partial charge < -0.3 is 15.3 Å². The number of nitrogens with two attached hydrogens (primary N) is 1. The van der Waals surface area contributed by atoms with Crippen molar-refractivity contribution in [3.63, 3.8) is 0 Å². The van der Waals surface area contributed by atoms with E-state index in [1.165, 1.54) is 10.9 Å². The minimum Gasteiger partial charge on any atom is -0.360 e. The number of fused-ring (bicyclic) bond motifs is 1. The smallest absolute Gasteiger partial charge is 0.122 e. The third kappa shape index (κ3) is 1.46. The molecule has 1 aromatic carbocycles. The predicted molar refractivity (Wildman–Crippen MR) is 73.1 cm³/mol. The van der Waals surface area contributed by atoms with Crippen LogP contribution in [0.5, 0.6) is 0 Å². The number of benzene rings is 1. The Kier molecular flexibility index (Phi) is 2.45. The number of hydrogen-bond donors (Lipinski definition) is 2. The van der Waals surface area contributed by atoms with E-state index in [0.717, 1.165) is 22.7 Å². The SMILES string of the molecule is Cc1nc(CN)n(C)c1-c1c[nH]c2ccccc12. The molecule has 0 saturated heterocycles. The fourth-order valence-corrected chi connectivity index (χ4v) is 2.52. The summed E-state index contributed by atoms with van der Waals surface area (Å²) in [6, 6.07) is 8.28. The zero-order valence-corrected chi connectivity index (χ0v) is 10.6. The van der Waals surface area contributed by atoms with Gasteiger partial charge in [-0.3, -0.25) is 0 Å². The molecule has 18 heavy (non-hydrogen) atoms. The molecule has 92 valence electrons. The molecule has 0 bridgehead atoms. The summed E-state index contributed by atoms with van der Waals surface area (Å²) in [6.45, 7) is 2.48. The summed E-state index contributed by atoms with van der Waals surface area (Å²) in [5, 5.41) is 1.21. The van der Waals surface area contributed by atoms with Crippen molar-refractivity contribution < 1.29 is 0 Å². The lowest BCUT2D eigenvalue weighted by atomic mass is 10.1. The van der Waals surface area contributed by atoms with Crippen LogP contribution in [0.15, 0.2) is 30.5 Å². The number of imidazole rings is 1. The maximum Gasteiger partial charge on any atom is 0.122 e. The van der Waals surface area contributed by atoms with Crippen LogP contribution in [0.2, 0.25) is 0 Å². The molecule has 0 amide bonds. The Morgan fingerprint density at radius 1 is 1.33 bits per heavy atom. The summed E-state index contributed by atoms with van der Waals surface area (Å²) in [4.78, 5) is 7.81. The minimum atomic E-state index is 0.458. The Morgan fingerprint density at radius 3 is 2.83 bits per heavy atom. The van der Waals surface area contributed by atoms with Gasteiger partial charge in [-0.1, -0.05) is 18.2 Å². The number of aromatic nitrogens is 3. The predicted octanol–water partition coefficient (Wildman–Crippen LogP) is 2.34. The third-order valence-electron chi connectivity index (χ3n) is 3.39. The van der Waals surface area contributed by atoms with E-state index in [0.29, 0.717) is 6.54 Å². The van der Waals surface area contributed by atoms with Crippen LogP contribution in [-0.2, 0) is 13.6 Å². The molecule has 0 atom stereocenters. The molecule has 3 rings (SSSR count). The Labute approximate surface area is 105 Å². The van der Waals surface area contributed by atoms with Gasteiger partial charge in [-0.05, 0) is 13.0 Å². The number of nitrogens with one attached hydrogen (secondary N) is 1. The molecule has 0 fully saturated rings. The highest BCUT2D eigenvalue weighted by atomic mass is 15.1.